The van der Waals surface area contributed by atoms with Gasteiger partial charge in [-0.05, 0) is 42.4 Å². The van der Waals surface area contributed by atoms with Gasteiger partial charge in [0.05, 0.1) is 19.5 Å². The fraction of sp³-hybridized carbons (Fsp3) is 0.579. The van der Waals surface area contributed by atoms with Gasteiger partial charge in [-0.1, -0.05) is 18.2 Å². The van der Waals surface area contributed by atoms with Crippen LogP contribution in [0.4, 0.5) is 0 Å². The van der Waals surface area contributed by atoms with E-state index in [2.05, 4.69) is 17.4 Å². The standard InChI is InChI=1S/C19H26N2O4/c1-13(22)20-11-19(25)12-21(10-17(19)23)18(24)9-14-6-7-15-4-2-3-5-16(15)8-14/h6-8,17,23,25H,2-5,9-12H2,1H3,(H,20,22)/t17-,19+/m1/s1. The summed E-state index contributed by atoms with van der Waals surface area (Å²) in [5.74, 6) is -0.395. The largest absolute Gasteiger partial charge is 0.388 e. The van der Waals surface area contributed by atoms with Gasteiger partial charge < -0.3 is 20.4 Å². The molecule has 1 aliphatic heterocycles. The summed E-state index contributed by atoms with van der Waals surface area (Å²) in [5.41, 5.74) is 2.19. The Morgan fingerprint density at radius 2 is 2.00 bits per heavy atom. The van der Waals surface area contributed by atoms with E-state index in [0.29, 0.717) is 0 Å². The molecule has 0 unspecified atom stereocenters. The molecule has 0 radical (unpaired) electrons. The lowest BCUT2D eigenvalue weighted by Gasteiger charge is -2.25. The number of fused-ring (bicyclic) bond motifs is 1. The Balaban J connectivity index is 1.63. The number of likely N-dealkylation sites (tertiary alicyclic amines) is 1. The molecule has 1 aliphatic carbocycles. The van der Waals surface area contributed by atoms with Crippen LogP contribution in [0.5, 0.6) is 0 Å². The van der Waals surface area contributed by atoms with Crippen molar-refractivity contribution < 1.29 is 19.8 Å². The molecular formula is C19H26N2O4. The number of aryl methyl sites for hydroxylation is 2. The van der Waals surface area contributed by atoms with Gasteiger partial charge in [0.25, 0.3) is 0 Å². The Morgan fingerprint density at radius 3 is 2.72 bits per heavy atom. The number of β-amino-alcohol motifs (C(OH)–C–C–N with tert-alkyl or cyclic N) is 2. The highest BCUT2D eigenvalue weighted by Crippen LogP contribution is 2.25. The first-order valence-electron chi connectivity index (χ1n) is 8.91. The highest BCUT2D eigenvalue weighted by atomic mass is 16.3. The highest BCUT2D eigenvalue weighted by molar-refractivity contribution is 5.79. The van der Waals surface area contributed by atoms with Gasteiger partial charge in [0.2, 0.25) is 11.8 Å². The minimum atomic E-state index is -1.49. The molecule has 1 aromatic carbocycles. The second-order valence-corrected chi connectivity index (χ2v) is 7.29. The van der Waals surface area contributed by atoms with Gasteiger partial charge in [0, 0.05) is 13.5 Å². The second kappa shape index (κ2) is 7.14. The molecule has 0 bridgehead atoms. The first-order chi connectivity index (χ1) is 11.9. The van der Waals surface area contributed by atoms with Crippen LogP contribution in [0.2, 0.25) is 0 Å². The van der Waals surface area contributed by atoms with Gasteiger partial charge in [-0.25, -0.2) is 0 Å². The smallest absolute Gasteiger partial charge is 0.227 e. The average Bonchev–Trinajstić information content (AvgIpc) is 2.89. The summed E-state index contributed by atoms with van der Waals surface area (Å²) in [6.07, 6.45) is 3.79. The van der Waals surface area contributed by atoms with Crippen molar-refractivity contribution in [1.82, 2.24) is 10.2 Å². The van der Waals surface area contributed by atoms with Gasteiger partial charge >= 0.3 is 0 Å². The van der Waals surface area contributed by atoms with Gasteiger partial charge in [0.15, 0.2) is 0 Å². The fourth-order valence-electron chi connectivity index (χ4n) is 3.70. The Labute approximate surface area is 147 Å². The Bertz CT molecular complexity index is 675. The first-order valence-corrected chi connectivity index (χ1v) is 8.91. The predicted octanol–water partition coefficient (Wildman–Crippen LogP) is 0.178. The SMILES string of the molecule is CC(=O)NC[C@]1(O)CN(C(=O)Cc2ccc3c(c2)CCCC3)C[C@H]1O. The van der Waals surface area contributed by atoms with E-state index in [1.165, 1.54) is 35.8 Å². The van der Waals surface area contributed by atoms with Crippen molar-refractivity contribution in [3.63, 3.8) is 0 Å². The third-order valence-corrected chi connectivity index (χ3v) is 5.24. The number of rotatable bonds is 4. The van der Waals surface area contributed by atoms with Crippen LogP contribution in [-0.2, 0) is 28.9 Å². The van der Waals surface area contributed by atoms with E-state index in [1.54, 1.807) is 0 Å². The van der Waals surface area contributed by atoms with E-state index >= 15 is 0 Å². The summed E-state index contributed by atoms with van der Waals surface area (Å²) in [7, 11) is 0. The highest BCUT2D eigenvalue weighted by Gasteiger charge is 2.46. The van der Waals surface area contributed by atoms with E-state index < -0.39 is 11.7 Å². The minimum absolute atomic E-state index is 0.0260. The maximum Gasteiger partial charge on any atom is 0.227 e. The quantitative estimate of drug-likeness (QED) is 0.725. The number of hydrogen-bond donors (Lipinski definition) is 3. The van der Waals surface area contributed by atoms with Crippen molar-refractivity contribution in [2.75, 3.05) is 19.6 Å². The van der Waals surface area contributed by atoms with Gasteiger partial charge in [-0.15, -0.1) is 0 Å². The zero-order chi connectivity index (χ0) is 18.0. The van der Waals surface area contributed by atoms with Crippen LogP contribution >= 0.6 is 0 Å². The number of aliphatic hydroxyl groups excluding tert-OH is 1. The predicted molar refractivity (Wildman–Crippen MR) is 93.0 cm³/mol. The summed E-state index contributed by atoms with van der Waals surface area (Å²) < 4.78 is 0. The summed E-state index contributed by atoms with van der Waals surface area (Å²) in [6.45, 7) is 1.40. The zero-order valence-corrected chi connectivity index (χ0v) is 14.6. The number of carbonyl (C=O) groups is 2. The topological polar surface area (TPSA) is 89.9 Å². The van der Waals surface area contributed by atoms with Crippen molar-refractivity contribution in [3.05, 3.63) is 34.9 Å². The molecule has 1 saturated heterocycles. The van der Waals surface area contributed by atoms with Crippen molar-refractivity contribution in [1.29, 1.82) is 0 Å². The van der Waals surface area contributed by atoms with Crippen LogP contribution in [0.1, 0.15) is 36.5 Å². The molecule has 1 heterocycles. The maximum atomic E-state index is 12.6. The molecule has 3 rings (SSSR count). The fourth-order valence-corrected chi connectivity index (χ4v) is 3.70. The number of aliphatic hydroxyl groups is 2. The Hall–Kier alpha value is -1.92. The lowest BCUT2D eigenvalue weighted by Crippen LogP contribution is -2.51. The van der Waals surface area contributed by atoms with Gasteiger partial charge in [-0.3, -0.25) is 9.59 Å². The van der Waals surface area contributed by atoms with Gasteiger partial charge in [0.1, 0.15) is 11.7 Å². The lowest BCUT2D eigenvalue weighted by atomic mass is 9.90. The molecule has 0 spiro atoms. The van der Waals surface area contributed by atoms with Crippen LogP contribution in [0.25, 0.3) is 0 Å². The third kappa shape index (κ3) is 4.02. The molecule has 1 aromatic rings. The molecule has 0 aromatic heterocycles. The zero-order valence-electron chi connectivity index (χ0n) is 14.6. The van der Waals surface area contributed by atoms with Gasteiger partial charge in [-0.2, -0.15) is 0 Å². The molecule has 2 aliphatic rings. The normalized spacial score (nSPS) is 25.6. The second-order valence-electron chi connectivity index (χ2n) is 7.29. The number of carbonyl (C=O) groups excluding carboxylic acids is 2. The molecule has 6 nitrogen and oxygen atoms in total. The van der Waals surface area contributed by atoms with E-state index in [4.69, 9.17) is 0 Å². The number of nitrogens with one attached hydrogen (secondary N) is 1. The lowest BCUT2D eigenvalue weighted by molar-refractivity contribution is -0.130. The molecule has 136 valence electrons. The number of benzene rings is 1. The number of amides is 2. The molecule has 2 amide bonds. The van der Waals surface area contributed by atoms with Crippen LogP contribution in [0.3, 0.4) is 0 Å². The van der Waals surface area contributed by atoms with E-state index in [1.807, 2.05) is 6.07 Å². The maximum absolute atomic E-state index is 12.6. The van der Waals surface area contributed by atoms with Crippen molar-refractivity contribution in [2.45, 2.75) is 50.7 Å². The molecule has 2 atom stereocenters. The molecule has 6 heteroatoms. The molecule has 0 saturated carbocycles. The van der Waals surface area contributed by atoms with E-state index in [0.717, 1.165) is 18.4 Å². The van der Waals surface area contributed by atoms with Crippen molar-refractivity contribution >= 4 is 11.8 Å². The summed E-state index contributed by atoms with van der Waals surface area (Å²) >= 11 is 0. The summed E-state index contributed by atoms with van der Waals surface area (Å²) in [4.78, 5) is 25.1. The Morgan fingerprint density at radius 1 is 1.28 bits per heavy atom. The minimum Gasteiger partial charge on any atom is -0.388 e. The van der Waals surface area contributed by atoms with Crippen LogP contribution < -0.4 is 5.32 Å². The number of nitrogens with zero attached hydrogens (tertiary/aromatic N) is 1. The molecular weight excluding hydrogens is 320 g/mol. The Kier molecular flexibility index (Phi) is 5.11. The molecule has 25 heavy (non-hydrogen) atoms. The molecule has 3 N–H and O–H groups in total. The van der Waals surface area contributed by atoms with Crippen LogP contribution in [-0.4, -0.2) is 58.3 Å². The summed E-state index contributed by atoms with van der Waals surface area (Å²) in [5, 5.41) is 23.1. The van der Waals surface area contributed by atoms with Crippen molar-refractivity contribution in [3.8, 4) is 0 Å². The van der Waals surface area contributed by atoms with E-state index in [9.17, 15) is 19.8 Å². The van der Waals surface area contributed by atoms with Crippen molar-refractivity contribution in [2.24, 2.45) is 0 Å². The van der Waals surface area contributed by atoms with Crippen LogP contribution in [0.15, 0.2) is 18.2 Å². The average molecular weight is 346 g/mol. The van der Waals surface area contributed by atoms with Crippen LogP contribution in [0, 0.1) is 0 Å². The summed E-state index contributed by atoms with van der Waals surface area (Å²) in [6, 6.07) is 6.23. The monoisotopic (exact) mass is 346 g/mol. The molecule has 1 fully saturated rings. The third-order valence-electron chi connectivity index (χ3n) is 5.24. The van der Waals surface area contributed by atoms with E-state index in [-0.39, 0.29) is 37.9 Å². The first kappa shape index (κ1) is 17.9. The number of hydrogen-bond acceptors (Lipinski definition) is 4.